The van der Waals surface area contributed by atoms with Gasteiger partial charge in [0.2, 0.25) is 5.56 Å². The van der Waals surface area contributed by atoms with Crippen LogP contribution in [0.4, 0.5) is 13.2 Å². The van der Waals surface area contributed by atoms with Gasteiger partial charge in [0.05, 0.1) is 5.56 Å². The fourth-order valence-electron chi connectivity index (χ4n) is 3.88. The van der Waals surface area contributed by atoms with E-state index in [1.807, 2.05) is 0 Å². The molecular formula is C21H20F3N5O3. The number of alkyl halides is 3. The molecule has 1 aromatic carbocycles. The number of halogens is 3. The number of nitrogens with one attached hydrogen (secondary N) is 3. The number of aromatic amines is 2. The molecule has 1 fully saturated rings. The quantitative estimate of drug-likeness (QED) is 0.571. The second kappa shape index (κ2) is 8.48. The van der Waals surface area contributed by atoms with Gasteiger partial charge >= 0.3 is 6.18 Å². The number of piperidine rings is 1. The van der Waals surface area contributed by atoms with Crippen molar-refractivity contribution in [2.45, 2.75) is 24.9 Å². The van der Waals surface area contributed by atoms with Crippen LogP contribution >= 0.6 is 0 Å². The van der Waals surface area contributed by atoms with Crippen LogP contribution in [-0.2, 0) is 0 Å². The molecule has 8 nitrogen and oxygen atoms in total. The molecule has 0 saturated carbocycles. The van der Waals surface area contributed by atoms with Crippen molar-refractivity contribution < 1.29 is 22.8 Å². The summed E-state index contributed by atoms with van der Waals surface area (Å²) in [4.78, 5) is 41.2. The highest BCUT2D eigenvalue weighted by molar-refractivity contribution is 6.06. The zero-order valence-electron chi connectivity index (χ0n) is 16.8. The molecule has 32 heavy (non-hydrogen) atoms. The van der Waals surface area contributed by atoms with Crippen LogP contribution in [0.5, 0.6) is 0 Å². The second-order valence-electron chi connectivity index (χ2n) is 7.67. The van der Waals surface area contributed by atoms with E-state index in [0.29, 0.717) is 48.1 Å². The molecule has 11 heteroatoms. The number of nitrogens with zero attached hydrogens (tertiary/aromatic N) is 2. The topological polar surface area (TPSA) is 111 Å². The number of amides is 2. The third-order valence-corrected chi connectivity index (χ3v) is 5.48. The lowest BCUT2D eigenvalue weighted by Crippen LogP contribution is -2.38. The number of para-hydroxylation sites is 1. The minimum atomic E-state index is -4.50. The summed E-state index contributed by atoms with van der Waals surface area (Å²) in [5, 5.41) is 8.99. The van der Waals surface area contributed by atoms with Gasteiger partial charge in [0.15, 0.2) is 0 Å². The number of aromatic nitrogens is 3. The number of likely N-dealkylation sites (tertiary alicyclic amines) is 1. The number of benzene rings is 1. The van der Waals surface area contributed by atoms with Crippen molar-refractivity contribution in [3.63, 3.8) is 0 Å². The highest BCUT2D eigenvalue weighted by atomic mass is 19.4. The van der Waals surface area contributed by atoms with E-state index in [-0.39, 0.29) is 23.1 Å². The zero-order chi connectivity index (χ0) is 22.9. The first-order valence-electron chi connectivity index (χ1n) is 10.0. The molecule has 0 aliphatic carbocycles. The van der Waals surface area contributed by atoms with Crippen molar-refractivity contribution in [1.82, 2.24) is 25.4 Å². The van der Waals surface area contributed by atoms with Crippen molar-refractivity contribution in [2.24, 2.45) is 0 Å². The molecule has 4 rings (SSSR count). The summed E-state index contributed by atoms with van der Waals surface area (Å²) in [6.07, 6.45) is -3.33. The molecule has 3 aromatic rings. The van der Waals surface area contributed by atoms with Gasteiger partial charge in [0, 0.05) is 41.7 Å². The Morgan fingerprint density at radius 3 is 2.59 bits per heavy atom. The average molecular weight is 447 g/mol. The molecular weight excluding hydrogens is 427 g/mol. The molecule has 0 spiro atoms. The van der Waals surface area contributed by atoms with Crippen LogP contribution in [0.2, 0.25) is 0 Å². The van der Waals surface area contributed by atoms with E-state index in [9.17, 15) is 27.6 Å². The van der Waals surface area contributed by atoms with Gasteiger partial charge in [-0.2, -0.15) is 18.3 Å². The molecule has 1 saturated heterocycles. The number of H-pyrrole nitrogens is 2. The summed E-state index contributed by atoms with van der Waals surface area (Å²) in [5.41, 5.74) is 1.10. The maximum atomic E-state index is 13.1. The summed E-state index contributed by atoms with van der Waals surface area (Å²) >= 11 is 0. The molecule has 1 aliphatic heterocycles. The van der Waals surface area contributed by atoms with E-state index < -0.39 is 18.6 Å². The first kappa shape index (κ1) is 21.6. The average Bonchev–Trinajstić information content (AvgIpc) is 3.26. The Hall–Kier alpha value is -3.63. The third kappa shape index (κ3) is 4.66. The number of hydrogen-bond donors (Lipinski definition) is 3. The number of hydrogen-bond acceptors (Lipinski definition) is 4. The predicted molar refractivity (Wildman–Crippen MR) is 109 cm³/mol. The number of rotatable bonds is 4. The van der Waals surface area contributed by atoms with Gasteiger partial charge in [-0.05, 0) is 25.0 Å². The Morgan fingerprint density at radius 1 is 1.16 bits per heavy atom. The Balaban J connectivity index is 1.41. The Labute approximate surface area is 179 Å². The molecule has 0 unspecified atom stereocenters. The number of carbonyl (C=O) groups is 2. The largest absolute Gasteiger partial charge is 0.405 e. The van der Waals surface area contributed by atoms with Crippen LogP contribution in [0.25, 0.3) is 10.9 Å². The van der Waals surface area contributed by atoms with Crippen LogP contribution in [0.3, 0.4) is 0 Å². The van der Waals surface area contributed by atoms with Crippen LogP contribution in [0, 0.1) is 0 Å². The van der Waals surface area contributed by atoms with Gasteiger partial charge < -0.3 is 15.2 Å². The fourth-order valence-corrected chi connectivity index (χ4v) is 3.88. The lowest BCUT2D eigenvalue weighted by atomic mass is 9.93. The monoisotopic (exact) mass is 447 g/mol. The van der Waals surface area contributed by atoms with Crippen LogP contribution in [0.1, 0.15) is 45.3 Å². The van der Waals surface area contributed by atoms with Gasteiger partial charge in [-0.25, -0.2) is 0 Å². The zero-order valence-corrected chi connectivity index (χ0v) is 16.8. The maximum absolute atomic E-state index is 13.1. The van der Waals surface area contributed by atoms with Crippen molar-refractivity contribution >= 4 is 22.7 Å². The lowest BCUT2D eigenvalue weighted by Gasteiger charge is -2.31. The van der Waals surface area contributed by atoms with Crippen LogP contribution < -0.4 is 10.9 Å². The van der Waals surface area contributed by atoms with Crippen molar-refractivity contribution in [1.29, 1.82) is 0 Å². The SMILES string of the molecule is O=C(NCC(F)(F)F)c1cc(C2CCN(C(=O)c3cc(=O)[nH]c4ccccc34)CC2)[nH]n1. The third-order valence-electron chi connectivity index (χ3n) is 5.48. The van der Waals surface area contributed by atoms with E-state index in [2.05, 4.69) is 15.2 Å². The van der Waals surface area contributed by atoms with Gasteiger partial charge in [0.25, 0.3) is 11.8 Å². The summed E-state index contributed by atoms with van der Waals surface area (Å²) < 4.78 is 36.8. The van der Waals surface area contributed by atoms with Crippen molar-refractivity contribution in [2.75, 3.05) is 19.6 Å². The highest BCUT2D eigenvalue weighted by Gasteiger charge is 2.30. The lowest BCUT2D eigenvalue weighted by molar-refractivity contribution is -0.123. The van der Waals surface area contributed by atoms with Gasteiger partial charge in [0.1, 0.15) is 12.2 Å². The number of pyridine rings is 1. The Morgan fingerprint density at radius 2 is 1.88 bits per heavy atom. The van der Waals surface area contributed by atoms with E-state index in [1.165, 1.54) is 12.1 Å². The van der Waals surface area contributed by atoms with E-state index in [4.69, 9.17) is 0 Å². The summed E-state index contributed by atoms with van der Waals surface area (Å²) in [7, 11) is 0. The molecule has 0 radical (unpaired) electrons. The molecule has 168 valence electrons. The summed E-state index contributed by atoms with van der Waals surface area (Å²) in [5.74, 6) is -1.16. The summed E-state index contributed by atoms with van der Waals surface area (Å²) in [6.45, 7) is -0.565. The Bertz CT molecular complexity index is 1210. The van der Waals surface area contributed by atoms with E-state index >= 15 is 0 Å². The minimum Gasteiger partial charge on any atom is -0.342 e. The van der Waals surface area contributed by atoms with Crippen LogP contribution in [0.15, 0.2) is 41.2 Å². The Kier molecular flexibility index (Phi) is 5.72. The van der Waals surface area contributed by atoms with Gasteiger partial charge in [-0.3, -0.25) is 19.5 Å². The standard InChI is InChI=1S/C21H20F3N5O3/c22-21(23,24)11-25-19(31)17-10-16(27-28-17)12-5-7-29(8-6-12)20(32)14-9-18(30)26-15-4-2-1-3-13(14)15/h1-4,9-10,12H,5-8,11H2,(H,25,31)(H,26,30)(H,27,28). The maximum Gasteiger partial charge on any atom is 0.405 e. The van der Waals surface area contributed by atoms with Gasteiger partial charge in [-0.15, -0.1) is 0 Å². The van der Waals surface area contributed by atoms with E-state index in [1.54, 1.807) is 34.5 Å². The molecule has 1 aliphatic rings. The molecule has 0 bridgehead atoms. The van der Waals surface area contributed by atoms with Gasteiger partial charge in [-0.1, -0.05) is 18.2 Å². The minimum absolute atomic E-state index is 0.0216. The number of fused-ring (bicyclic) bond motifs is 1. The first-order valence-corrected chi connectivity index (χ1v) is 10.0. The fraction of sp³-hybridized carbons (Fsp3) is 0.333. The molecule has 3 N–H and O–H groups in total. The van der Waals surface area contributed by atoms with Crippen LogP contribution in [-0.4, -0.2) is 57.7 Å². The summed E-state index contributed by atoms with van der Waals surface area (Å²) in [6, 6.07) is 9.83. The molecule has 2 amide bonds. The predicted octanol–water partition coefficient (Wildman–Crippen LogP) is 2.56. The highest BCUT2D eigenvalue weighted by Crippen LogP contribution is 2.28. The normalized spacial score (nSPS) is 15.2. The smallest absolute Gasteiger partial charge is 0.342 e. The van der Waals surface area contributed by atoms with Crippen molar-refractivity contribution in [3.05, 3.63) is 63.7 Å². The molecule has 0 atom stereocenters. The van der Waals surface area contributed by atoms with E-state index in [0.717, 1.165) is 0 Å². The van der Waals surface area contributed by atoms with Crippen molar-refractivity contribution in [3.8, 4) is 0 Å². The molecule has 2 aromatic heterocycles. The number of carbonyl (C=O) groups excluding carboxylic acids is 2. The second-order valence-corrected chi connectivity index (χ2v) is 7.67. The molecule has 3 heterocycles. The first-order chi connectivity index (χ1) is 15.2.